The number of imidazole rings is 2. The number of carbonyl (C=O) groups excluding carboxylic acids is 7. The summed E-state index contributed by atoms with van der Waals surface area (Å²) in [5.74, 6) is 0.384. The van der Waals surface area contributed by atoms with E-state index in [-0.39, 0.29) is 84.2 Å². The van der Waals surface area contributed by atoms with Gasteiger partial charge in [-0.05, 0) is 92.9 Å². The number of ether oxygens (including phenoxy) is 1. The molecule has 0 saturated carbocycles. The summed E-state index contributed by atoms with van der Waals surface area (Å²) < 4.78 is 10.3. The number of nitrogens with two attached hydrogens (primary N) is 1. The highest BCUT2D eigenvalue weighted by Gasteiger charge is 2.21. The molecule has 0 fully saturated rings. The van der Waals surface area contributed by atoms with Gasteiger partial charge in [0.1, 0.15) is 23.0 Å². The smallest absolute Gasteiger partial charge is 0.413 e. The molecule has 0 spiro atoms. The number of nitrogens with zero attached hydrogens (tertiary/aromatic N) is 4. The van der Waals surface area contributed by atoms with E-state index in [2.05, 4.69) is 25.9 Å². The van der Waals surface area contributed by atoms with Crippen LogP contribution in [0.25, 0.3) is 20.2 Å². The van der Waals surface area contributed by atoms with Crippen LogP contribution in [-0.4, -0.2) is 78.8 Å². The molecule has 4 heterocycles. The molecule has 2 aromatic carbocycles. The number of amides is 3. The number of carbonyl (C=O) groups is 7. The largest absolute Gasteiger partial charge is 0.444 e. The second-order valence-corrected chi connectivity index (χ2v) is 17.5. The standard InChI is InChI=1S/C24H28N4O5S.C19H20N4O3S.2ClH/c1-14(29)8-9-25-22(31)19-12-16-10-15(6-7-18(16)34-19)11-17(30)21-26-20(13-28(21)5)27-23(32)33-24(2,3)4;1-11(24)5-6-21-19(26)16-9-13-7-12(3-4-15(13)27-16)8-14(25)18-22-17(20)10-23(18)2;;/h6-7,10,12-13H,8-9,11H2,1-5H3,(H,25,31)(H,27,32);3-4,7,9-10H,5-6,8,20H2,1-2H3,(H,21,26);2*1H. The predicted molar refractivity (Wildman–Crippen MR) is 250 cm³/mol. The Bertz CT molecular complexity index is 2660. The van der Waals surface area contributed by atoms with Crippen molar-refractivity contribution < 1.29 is 38.3 Å². The van der Waals surface area contributed by atoms with Gasteiger partial charge in [0.15, 0.2) is 17.5 Å². The molecule has 6 rings (SSSR count). The van der Waals surface area contributed by atoms with E-state index in [1.54, 1.807) is 68.5 Å². The number of aromatic nitrogens is 4. The Morgan fingerprint density at radius 3 is 1.54 bits per heavy atom. The molecule has 5 N–H and O–H groups in total. The van der Waals surface area contributed by atoms with Crippen LogP contribution in [-0.2, 0) is 41.3 Å². The van der Waals surface area contributed by atoms with E-state index in [4.69, 9.17) is 10.5 Å². The van der Waals surface area contributed by atoms with E-state index >= 15 is 0 Å². The zero-order chi connectivity index (χ0) is 44.6. The van der Waals surface area contributed by atoms with Crippen molar-refractivity contribution in [2.24, 2.45) is 14.1 Å². The fourth-order valence-corrected chi connectivity index (χ4v) is 7.90. The summed E-state index contributed by atoms with van der Waals surface area (Å²) in [7, 11) is 3.41. The van der Waals surface area contributed by atoms with Gasteiger partial charge in [0.25, 0.3) is 11.8 Å². The maximum Gasteiger partial charge on any atom is 0.413 e. The molecule has 0 atom stereocenters. The number of nitrogen functional groups attached to an aromatic ring is 1. The third-order valence-electron chi connectivity index (χ3n) is 8.76. The first-order valence-corrected chi connectivity index (χ1v) is 20.9. The van der Waals surface area contributed by atoms with Crippen molar-refractivity contribution in [3.05, 3.63) is 93.5 Å². The fourth-order valence-electron chi connectivity index (χ4n) is 5.98. The van der Waals surface area contributed by atoms with E-state index in [9.17, 15) is 33.6 Å². The molecule has 4 aromatic heterocycles. The molecule has 63 heavy (non-hydrogen) atoms. The minimum absolute atomic E-state index is 0. The third-order valence-corrected chi connectivity index (χ3v) is 11.0. The minimum atomic E-state index is -0.646. The lowest BCUT2D eigenvalue weighted by molar-refractivity contribution is -0.117. The Labute approximate surface area is 384 Å². The number of thiophene rings is 2. The number of Topliss-reactive ketones (excluding diaryl/α,β-unsaturated/α-hetero) is 4. The maximum absolute atomic E-state index is 12.9. The summed E-state index contributed by atoms with van der Waals surface area (Å²) in [6, 6.07) is 14.9. The van der Waals surface area contributed by atoms with Gasteiger partial charge >= 0.3 is 6.09 Å². The Balaban J connectivity index is 0.000000333. The van der Waals surface area contributed by atoms with Crippen LogP contribution in [0.15, 0.2) is 60.9 Å². The third kappa shape index (κ3) is 14.8. The van der Waals surface area contributed by atoms with Crippen molar-refractivity contribution in [1.82, 2.24) is 29.7 Å². The van der Waals surface area contributed by atoms with Crippen LogP contribution >= 0.6 is 47.5 Å². The summed E-state index contributed by atoms with van der Waals surface area (Å²) in [5.41, 5.74) is 6.61. The number of benzene rings is 2. The Morgan fingerprint density at radius 2 is 1.13 bits per heavy atom. The van der Waals surface area contributed by atoms with Gasteiger partial charge < -0.3 is 30.2 Å². The number of rotatable bonds is 15. The molecule has 0 aliphatic heterocycles. The SMILES string of the molecule is CC(=O)CCNC(=O)c1cc2cc(CC(=O)c3nc(N)cn3C)ccc2s1.CC(=O)CCNC(=O)c1cc2cc(CC(=O)c3nc(NC(=O)OC(C)(C)C)cn3C)ccc2s1.Cl.Cl. The monoisotopic (exact) mass is 940 g/mol. The molecule has 6 aromatic rings. The van der Waals surface area contributed by atoms with Crippen molar-refractivity contribution in [3.63, 3.8) is 0 Å². The van der Waals surface area contributed by atoms with Gasteiger partial charge in [-0.1, -0.05) is 12.1 Å². The molecule has 0 bridgehead atoms. The molecule has 0 radical (unpaired) electrons. The topological polar surface area (TPSA) is 226 Å². The summed E-state index contributed by atoms with van der Waals surface area (Å²) in [5, 5.41) is 9.78. The Morgan fingerprint density at radius 1 is 0.683 bits per heavy atom. The molecular formula is C43H50Cl2N8O8S2. The van der Waals surface area contributed by atoms with Crippen molar-refractivity contribution in [1.29, 1.82) is 0 Å². The number of hydrogen-bond acceptors (Lipinski definition) is 13. The summed E-state index contributed by atoms with van der Waals surface area (Å²) in [6.07, 6.45) is 3.45. The molecule has 0 aliphatic carbocycles. The highest BCUT2D eigenvalue weighted by Crippen LogP contribution is 2.28. The number of anilines is 2. The van der Waals surface area contributed by atoms with Crippen molar-refractivity contribution >= 4 is 120 Å². The molecule has 16 nitrogen and oxygen atoms in total. The van der Waals surface area contributed by atoms with Gasteiger partial charge in [0, 0.05) is 74.7 Å². The zero-order valence-electron chi connectivity index (χ0n) is 35.8. The van der Waals surface area contributed by atoms with E-state index in [1.165, 1.54) is 36.5 Å². The lowest BCUT2D eigenvalue weighted by Crippen LogP contribution is -2.27. The van der Waals surface area contributed by atoms with E-state index in [1.807, 2.05) is 36.4 Å². The number of ketones is 4. The van der Waals surface area contributed by atoms with Gasteiger partial charge in [-0.25, -0.2) is 14.8 Å². The summed E-state index contributed by atoms with van der Waals surface area (Å²) in [4.78, 5) is 93.2. The highest BCUT2D eigenvalue weighted by molar-refractivity contribution is 7.21. The van der Waals surface area contributed by atoms with Crippen molar-refractivity contribution in [3.8, 4) is 0 Å². The number of nitrogens with one attached hydrogen (secondary N) is 3. The Hall–Kier alpha value is -5.95. The molecule has 0 aliphatic rings. The van der Waals surface area contributed by atoms with Crippen LogP contribution in [0.1, 0.15) is 99.2 Å². The van der Waals surface area contributed by atoms with E-state index < -0.39 is 11.7 Å². The molecular weight excluding hydrogens is 892 g/mol. The van der Waals surface area contributed by atoms with Crippen LogP contribution in [0.2, 0.25) is 0 Å². The number of aryl methyl sites for hydroxylation is 2. The van der Waals surface area contributed by atoms with E-state index in [0.717, 1.165) is 31.3 Å². The van der Waals surface area contributed by atoms with E-state index in [0.29, 0.717) is 47.3 Å². The van der Waals surface area contributed by atoms with Gasteiger partial charge in [-0.3, -0.25) is 34.1 Å². The minimum Gasteiger partial charge on any atom is -0.444 e. The predicted octanol–water partition coefficient (Wildman–Crippen LogP) is 7.31. The van der Waals surface area contributed by atoms with Crippen molar-refractivity contribution in [2.75, 3.05) is 24.1 Å². The average molecular weight is 942 g/mol. The van der Waals surface area contributed by atoms with Crippen LogP contribution in [0.4, 0.5) is 16.4 Å². The van der Waals surface area contributed by atoms with Crippen LogP contribution in [0.3, 0.4) is 0 Å². The second kappa shape index (κ2) is 22.4. The lowest BCUT2D eigenvalue weighted by Gasteiger charge is -2.18. The van der Waals surface area contributed by atoms with Crippen molar-refractivity contribution in [2.45, 2.75) is 65.9 Å². The number of fused-ring (bicyclic) bond motifs is 2. The van der Waals surface area contributed by atoms with Crippen LogP contribution in [0, 0.1) is 0 Å². The lowest BCUT2D eigenvalue weighted by atomic mass is 10.1. The first-order valence-electron chi connectivity index (χ1n) is 19.2. The molecule has 0 saturated heterocycles. The molecule has 3 amide bonds. The van der Waals surface area contributed by atoms with Gasteiger partial charge in [-0.2, -0.15) is 0 Å². The molecule has 336 valence electrons. The van der Waals surface area contributed by atoms with Gasteiger partial charge in [0.2, 0.25) is 11.6 Å². The first-order chi connectivity index (χ1) is 28.7. The average Bonchev–Trinajstić information content (AvgIpc) is 3.95. The fraction of sp³-hybridized carbons (Fsp3) is 0.326. The van der Waals surface area contributed by atoms with Crippen LogP contribution in [0.5, 0.6) is 0 Å². The van der Waals surface area contributed by atoms with Crippen LogP contribution < -0.4 is 21.7 Å². The highest BCUT2D eigenvalue weighted by atomic mass is 35.5. The summed E-state index contributed by atoms with van der Waals surface area (Å²) >= 11 is 2.73. The normalized spacial score (nSPS) is 10.8. The number of halogens is 2. The number of hydrogen-bond donors (Lipinski definition) is 4. The zero-order valence-corrected chi connectivity index (χ0v) is 39.0. The Kier molecular flexibility index (Phi) is 18.3. The quantitative estimate of drug-likeness (QED) is 0.0747. The summed E-state index contributed by atoms with van der Waals surface area (Å²) in [6.45, 7) is 8.88. The second-order valence-electron chi connectivity index (χ2n) is 15.4. The molecule has 0 unspecified atom stereocenters. The van der Waals surface area contributed by atoms with Gasteiger partial charge in [0.05, 0.1) is 9.75 Å². The van der Waals surface area contributed by atoms with Gasteiger partial charge in [-0.15, -0.1) is 47.5 Å². The first kappa shape index (κ1) is 51.4. The molecule has 20 heteroatoms. The maximum atomic E-state index is 12.9.